The fraction of sp³-hybridized carbons (Fsp3) is 0.462. The molecule has 3 N–H and O–H groups in total. The van der Waals surface area contributed by atoms with Gasteiger partial charge >= 0.3 is 0 Å². The van der Waals surface area contributed by atoms with Gasteiger partial charge in [-0.3, -0.25) is 14.5 Å². The topological polar surface area (TPSA) is 88.3 Å². The fourth-order valence-electron chi connectivity index (χ4n) is 2.34. The summed E-state index contributed by atoms with van der Waals surface area (Å²) in [6.07, 6.45) is 0.126. The summed E-state index contributed by atoms with van der Waals surface area (Å²) >= 11 is 0. The highest BCUT2D eigenvalue weighted by Gasteiger charge is 2.32. The molecule has 1 aliphatic rings. The van der Waals surface area contributed by atoms with Crippen LogP contribution in [0.5, 0.6) is 0 Å². The molecule has 1 saturated heterocycles. The number of likely N-dealkylation sites (tertiary alicyclic amines) is 1. The number of nitrogens with one attached hydrogen (secondary N) is 1. The summed E-state index contributed by atoms with van der Waals surface area (Å²) in [6, 6.07) is 2.10. The number of nitrogens with two attached hydrogens (primary N) is 1. The van der Waals surface area contributed by atoms with E-state index in [-0.39, 0.29) is 37.8 Å². The van der Waals surface area contributed by atoms with Crippen LogP contribution in [-0.2, 0) is 4.79 Å². The summed E-state index contributed by atoms with van der Waals surface area (Å²) in [6.45, 7) is 0.250. The Morgan fingerprint density at radius 2 is 2.24 bits per heavy atom. The molecule has 0 aliphatic carbocycles. The maximum absolute atomic E-state index is 13.4. The lowest BCUT2D eigenvalue weighted by Gasteiger charge is -2.22. The molecule has 2 amide bonds. The van der Waals surface area contributed by atoms with Crippen LogP contribution in [-0.4, -0.2) is 53.5 Å². The maximum atomic E-state index is 13.4. The molecule has 21 heavy (non-hydrogen) atoms. The number of nitrogens with zero attached hydrogens (tertiary/aromatic N) is 2. The second-order valence-electron chi connectivity index (χ2n) is 4.95. The fourth-order valence-corrected chi connectivity index (χ4v) is 2.34. The van der Waals surface area contributed by atoms with Gasteiger partial charge in [0.1, 0.15) is 17.7 Å². The number of primary amides is 1. The van der Waals surface area contributed by atoms with Gasteiger partial charge in [-0.05, 0) is 18.6 Å². The third-order valence-corrected chi connectivity index (χ3v) is 3.29. The molecule has 0 saturated carbocycles. The lowest BCUT2D eigenvalue weighted by molar-refractivity contribution is -0.119. The van der Waals surface area contributed by atoms with Crippen molar-refractivity contribution in [2.45, 2.75) is 18.6 Å². The van der Waals surface area contributed by atoms with E-state index in [1.807, 2.05) is 0 Å². The second kappa shape index (κ2) is 6.57. The van der Waals surface area contributed by atoms with Crippen LogP contribution >= 0.6 is 0 Å². The number of alkyl halides is 1. The molecular weight excluding hydrogens is 282 g/mol. The van der Waals surface area contributed by atoms with Crippen LogP contribution in [0.25, 0.3) is 0 Å². The molecule has 0 bridgehead atoms. The van der Waals surface area contributed by atoms with E-state index < -0.39 is 23.8 Å². The number of carbonyl (C=O) groups is 2. The van der Waals surface area contributed by atoms with Crippen molar-refractivity contribution >= 4 is 11.8 Å². The molecule has 2 atom stereocenters. The Morgan fingerprint density at radius 3 is 2.86 bits per heavy atom. The van der Waals surface area contributed by atoms with E-state index in [1.165, 1.54) is 6.07 Å². The molecule has 0 aromatic carbocycles. The van der Waals surface area contributed by atoms with Crippen LogP contribution in [0.3, 0.4) is 0 Å². The van der Waals surface area contributed by atoms with Gasteiger partial charge in [0.25, 0.3) is 5.91 Å². The number of hydrogen-bond donors (Lipinski definition) is 2. The molecule has 1 aromatic heterocycles. The van der Waals surface area contributed by atoms with Gasteiger partial charge in [0.2, 0.25) is 5.91 Å². The van der Waals surface area contributed by atoms with Crippen LogP contribution < -0.4 is 11.1 Å². The van der Waals surface area contributed by atoms with Crippen molar-refractivity contribution < 1.29 is 18.4 Å². The number of carbonyl (C=O) groups excluding carboxylic acids is 2. The van der Waals surface area contributed by atoms with Gasteiger partial charge in [-0.25, -0.2) is 13.8 Å². The van der Waals surface area contributed by atoms with Crippen LogP contribution in [0.1, 0.15) is 16.9 Å². The summed E-state index contributed by atoms with van der Waals surface area (Å²) in [4.78, 5) is 28.0. The Balaban J connectivity index is 1.90. The van der Waals surface area contributed by atoms with Gasteiger partial charge in [0.15, 0.2) is 0 Å². The highest BCUT2D eigenvalue weighted by Crippen LogP contribution is 2.19. The number of halogens is 2. The first kappa shape index (κ1) is 15.3. The molecule has 2 rings (SSSR count). The van der Waals surface area contributed by atoms with Gasteiger partial charge in [-0.1, -0.05) is 0 Å². The number of amides is 2. The molecule has 1 aromatic rings. The van der Waals surface area contributed by atoms with E-state index in [2.05, 4.69) is 10.3 Å². The van der Waals surface area contributed by atoms with E-state index in [0.717, 1.165) is 12.3 Å². The minimum Gasteiger partial charge on any atom is -0.369 e. The average molecular weight is 298 g/mol. The van der Waals surface area contributed by atoms with E-state index in [9.17, 15) is 18.4 Å². The molecular formula is C13H16F2N4O2. The minimum absolute atomic E-state index is 0.0459. The highest BCUT2D eigenvalue weighted by molar-refractivity contribution is 5.92. The molecule has 0 spiro atoms. The number of aromatic nitrogens is 1. The molecule has 0 unspecified atom stereocenters. The van der Waals surface area contributed by atoms with E-state index in [4.69, 9.17) is 5.73 Å². The molecule has 114 valence electrons. The maximum Gasteiger partial charge on any atom is 0.269 e. The van der Waals surface area contributed by atoms with Gasteiger partial charge in [-0.2, -0.15) is 0 Å². The van der Waals surface area contributed by atoms with Crippen LogP contribution in [0, 0.1) is 5.82 Å². The quantitative estimate of drug-likeness (QED) is 0.791. The van der Waals surface area contributed by atoms with E-state index >= 15 is 0 Å². The largest absolute Gasteiger partial charge is 0.369 e. The highest BCUT2D eigenvalue weighted by atomic mass is 19.1. The summed E-state index contributed by atoms with van der Waals surface area (Å²) in [5.41, 5.74) is 5.18. The zero-order valence-electron chi connectivity index (χ0n) is 11.3. The first-order chi connectivity index (χ1) is 9.95. The molecule has 1 aliphatic heterocycles. The van der Waals surface area contributed by atoms with Crippen LogP contribution in [0.2, 0.25) is 0 Å². The van der Waals surface area contributed by atoms with Crippen molar-refractivity contribution in [2.75, 3.05) is 19.6 Å². The van der Waals surface area contributed by atoms with E-state index in [0.29, 0.717) is 0 Å². The zero-order valence-corrected chi connectivity index (χ0v) is 11.3. The molecule has 1 fully saturated rings. The van der Waals surface area contributed by atoms with Gasteiger partial charge in [0.05, 0.1) is 12.7 Å². The summed E-state index contributed by atoms with van der Waals surface area (Å²) in [5, 5.41) is 2.60. The molecule has 2 heterocycles. The molecule has 0 radical (unpaired) electrons. The summed E-state index contributed by atoms with van der Waals surface area (Å²) in [7, 11) is 0. The number of pyridine rings is 1. The van der Waals surface area contributed by atoms with Crippen molar-refractivity contribution in [2.24, 2.45) is 5.73 Å². The zero-order chi connectivity index (χ0) is 15.4. The lowest BCUT2D eigenvalue weighted by Crippen LogP contribution is -2.43. The SMILES string of the molecule is NC(=O)CN1C[C@@H](F)C[C@H]1CNC(=O)c1ccc(F)cn1. The smallest absolute Gasteiger partial charge is 0.269 e. The Kier molecular flexibility index (Phi) is 4.79. The summed E-state index contributed by atoms with van der Waals surface area (Å²) < 4.78 is 26.1. The Bertz CT molecular complexity index is 523. The van der Waals surface area contributed by atoms with Crippen molar-refractivity contribution in [1.82, 2.24) is 15.2 Å². The number of hydrogen-bond acceptors (Lipinski definition) is 4. The lowest BCUT2D eigenvalue weighted by atomic mass is 10.2. The van der Waals surface area contributed by atoms with Crippen molar-refractivity contribution in [3.05, 3.63) is 29.8 Å². The first-order valence-corrected chi connectivity index (χ1v) is 6.52. The van der Waals surface area contributed by atoms with Crippen molar-refractivity contribution in [3.63, 3.8) is 0 Å². The van der Waals surface area contributed by atoms with Gasteiger partial charge in [0, 0.05) is 19.1 Å². The predicted octanol–water partition coefficient (Wildman–Crippen LogP) is -0.152. The average Bonchev–Trinajstić information content (AvgIpc) is 2.76. The van der Waals surface area contributed by atoms with Crippen LogP contribution in [0.4, 0.5) is 8.78 Å². The Morgan fingerprint density at radius 1 is 1.48 bits per heavy atom. The molecule has 6 nitrogen and oxygen atoms in total. The first-order valence-electron chi connectivity index (χ1n) is 6.52. The van der Waals surface area contributed by atoms with Gasteiger partial charge < -0.3 is 11.1 Å². The molecule has 8 heteroatoms. The third-order valence-electron chi connectivity index (χ3n) is 3.29. The second-order valence-corrected chi connectivity index (χ2v) is 4.95. The predicted molar refractivity (Wildman–Crippen MR) is 70.6 cm³/mol. The van der Waals surface area contributed by atoms with Crippen molar-refractivity contribution in [3.8, 4) is 0 Å². The Hall–Kier alpha value is -2.09. The standard InChI is InChI=1S/C13H16F2N4O2/c14-8-1-2-11(17-4-8)13(21)18-5-10-3-9(15)6-19(10)7-12(16)20/h1-2,4,9-10H,3,5-7H2,(H2,16,20)(H,18,21)/t9-,10-/m0/s1. The monoisotopic (exact) mass is 298 g/mol. The van der Waals surface area contributed by atoms with Crippen LogP contribution in [0.15, 0.2) is 18.3 Å². The van der Waals surface area contributed by atoms with E-state index in [1.54, 1.807) is 4.90 Å². The Labute approximate surface area is 120 Å². The normalized spacial score (nSPS) is 22.2. The summed E-state index contributed by atoms with van der Waals surface area (Å²) in [5.74, 6) is -1.55. The van der Waals surface area contributed by atoms with Gasteiger partial charge in [-0.15, -0.1) is 0 Å². The third kappa shape index (κ3) is 4.19. The van der Waals surface area contributed by atoms with Crippen molar-refractivity contribution in [1.29, 1.82) is 0 Å². The minimum atomic E-state index is -1.05. The number of rotatable bonds is 5.